The van der Waals surface area contributed by atoms with Crippen molar-refractivity contribution in [3.05, 3.63) is 76.3 Å². The maximum absolute atomic E-state index is 13.1. The summed E-state index contributed by atoms with van der Waals surface area (Å²) in [5.74, 6) is 1.33. The molecule has 0 heterocycles. The van der Waals surface area contributed by atoms with Crippen LogP contribution in [-0.4, -0.2) is 32.7 Å². The molecular formula is C29H30Cl2F2O6S. The first-order valence-corrected chi connectivity index (χ1v) is 13.9. The van der Waals surface area contributed by atoms with Gasteiger partial charge in [-0.25, -0.2) is 4.79 Å². The van der Waals surface area contributed by atoms with Crippen LogP contribution < -0.4 is 18.9 Å². The van der Waals surface area contributed by atoms with Crippen LogP contribution in [0.2, 0.25) is 0 Å². The van der Waals surface area contributed by atoms with Gasteiger partial charge < -0.3 is 23.7 Å². The number of thioether (sulfide) groups is 1. The molecule has 3 rings (SSSR count). The number of hydrogen-bond donors (Lipinski definition) is 0. The van der Waals surface area contributed by atoms with Crippen LogP contribution in [0, 0.1) is 5.92 Å². The Hall–Kier alpha value is -2.88. The van der Waals surface area contributed by atoms with Crippen LogP contribution >= 0.6 is 35.0 Å². The molecule has 11 heteroatoms. The van der Waals surface area contributed by atoms with E-state index in [1.807, 2.05) is 0 Å². The Bertz CT molecular complexity index is 1260. The summed E-state index contributed by atoms with van der Waals surface area (Å²) in [5.41, 5.74) is 0.961. The lowest BCUT2D eigenvalue weighted by Gasteiger charge is -2.22. The number of halogens is 4. The van der Waals surface area contributed by atoms with Crippen molar-refractivity contribution in [2.45, 2.75) is 43.8 Å². The molecule has 6 nitrogen and oxygen atoms in total. The standard InChI is InChI=1S/C29H30Cl2F2O6S/c1-5-21(30)20(22(31)6-2)15-25(39-29(34)40-19-10-12-23(35-3)26(14-19)36-4)18-9-11-24(38-28(32)33)27(13-18)37-16-17-7-8-17/h5-6,9-14,17,25,28H,1,7-8,15-16H2,2-4H3/b21-20+,22-6+/t25-/m0/s1. The van der Waals surface area contributed by atoms with Gasteiger partial charge in [0.2, 0.25) is 0 Å². The Balaban J connectivity index is 1.95. The van der Waals surface area contributed by atoms with E-state index in [2.05, 4.69) is 11.3 Å². The van der Waals surface area contributed by atoms with E-state index in [4.69, 9.17) is 42.1 Å². The van der Waals surface area contributed by atoms with Crippen LogP contribution in [-0.2, 0) is 4.74 Å². The van der Waals surface area contributed by atoms with E-state index in [9.17, 15) is 13.6 Å². The number of alkyl halides is 2. The molecule has 0 aliphatic heterocycles. The molecule has 1 saturated carbocycles. The maximum atomic E-state index is 13.1. The summed E-state index contributed by atoms with van der Waals surface area (Å²) in [6, 6.07) is 9.44. The van der Waals surface area contributed by atoms with Gasteiger partial charge in [-0.1, -0.05) is 48.0 Å². The fraction of sp³-hybridized carbons (Fsp3) is 0.345. The average molecular weight is 616 g/mol. The van der Waals surface area contributed by atoms with Crippen molar-refractivity contribution in [2.24, 2.45) is 5.92 Å². The number of methoxy groups -OCH3 is 2. The number of ether oxygens (including phenoxy) is 5. The molecule has 0 saturated heterocycles. The molecule has 1 fully saturated rings. The number of carbonyl (C=O) groups is 1. The molecule has 1 atom stereocenters. The van der Waals surface area contributed by atoms with Gasteiger partial charge in [-0.3, -0.25) is 0 Å². The van der Waals surface area contributed by atoms with Gasteiger partial charge in [0.15, 0.2) is 23.0 Å². The minimum absolute atomic E-state index is 0.0728. The van der Waals surface area contributed by atoms with Gasteiger partial charge in [-0.05, 0) is 78.9 Å². The number of benzene rings is 2. The molecule has 2 aromatic rings. The fourth-order valence-electron chi connectivity index (χ4n) is 3.66. The number of rotatable bonds is 14. The van der Waals surface area contributed by atoms with Crippen LogP contribution in [0.1, 0.15) is 37.9 Å². The monoisotopic (exact) mass is 614 g/mol. The summed E-state index contributed by atoms with van der Waals surface area (Å²) < 4.78 is 53.1. The molecule has 0 amide bonds. The van der Waals surface area contributed by atoms with Crippen molar-refractivity contribution < 1.29 is 37.3 Å². The Kier molecular flexibility index (Phi) is 12.0. The first kappa shape index (κ1) is 31.6. The number of carbonyl (C=O) groups excluding carboxylic acids is 1. The van der Waals surface area contributed by atoms with Crippen LogP contribution in [0.4, 0.5) is 13.6 Å². The third kappa shape index (κ3) is 9.08. The van der Waals surface area contributed by atoms with E-state index in [1.54, 1.807) is 31.2 Å². The van der Waals surface area contributed by atoms with Crippen LogP contribution in [0.25, 0.3) is 0 Å². The first-order valence-electron chi connectivity index (χ1n) is 12.3. The fourth-order valence-corrected chi connectivity index (χ4v) is 4.72. The first-order chi connectivity index (χ1) is 19.2. The molecule has 1 aliphatic rings. The highest BCUT2D eigenvalue weighted by atomic mass is 35.5. The lowest BCUT2D eigenvalue weighted by atomic mass is 9.99. The SMILES string of the molecule is C=C/C(Cl)=C(C[C@H](OC(=O)Sc1ccc(OC)c(OC)c1)c1ccc(OC(F)F)c(OCC2CC2)c1)\C(Cl)=C/C. The van der Waals surface area contributed by atoms with Crippen LogP contribution in [0.3, 0.4) is 0 Å². The third-order valence-electron chi connectivity index (χ3n) is 5.92. The molecule has 2 aromatic carbocycles. The Morgan fingerprint density at radius 1 is 1.07 bits per heavy atom. The van der Waals surface area contributed by atoms with Crippen molar-refractivity contribution in [1.82, 2.24) is 0 Å². The lowest BCUT2D eigenvalue weighted by Crippen LogP contribution is -2.11. The summed E-state index contributed by atoms with van der Waals surface area (Å²) in [7, 11) is 3.01. The normalized spacial score (nSPS) is 14.8. The smallest absolute Gasteiger partial charge is 0.387 e. The molecule has 0 unspecified atom stereocenters. The molecule has 0 radical (unpaired) electrons. The van der Waals surface area contributed by atoms with Crippen LogP contribution in [0.5, 0.6) is 23.0 Å². The summed E-state index contributed by atoms with van der Waals surface area (Å²) >= 11 is 13.7. The van der Waals surface area contributed by atoms with Gasteiger partial charge >= 0.3 is 11.9 Å². The van der Waals surface area contributed by atoms with E-state index >= 15 is 0 Å². The van der Waals surface area contributed by atoms with Gasteiger partial charge in [-0.2, -0.15) is 8.78 Å². The van der Waals surface area contributed by atoms with E-state index in [0.717, 1.165) is 24.6 Å². The van der Waals surface area contributed by atoms with Crippen molar-refractivity contribution in [3.63, 3.8) is 0 Å². The maximum Gasteiger partial charge on any atom is 0.387 e. The quantitative estimate of drug-likeness (QED) is 0.119. The highest BCUT2D eigenvalue weighted by Gasteiger charge is 2.26. The second-order valence-corrected chi connectivity index (χ2v) is 10.5. The number of hydrogen-bond acceptors (Lipinski definition) is 7. The largest absolute Gasteiger partial charge is 0.493 e. The van der Waals surface area contributed by atoms with Crippen molar-refractivity contribution in [1.29, 1.82) is 0 Å². The zero-order valence-corrected chi connectivity index (χ0v) is 24.6. The lowest BCUT2D eigenvalue weighted by molar-refractivity contribution is -0.0515. The second kappa shape index (κ2) is 15.2. The minimum Gasteiger partial charge on any atom is -0.493 e. The molecule has 216 valence electrons. The molecule has 0 spiro atoms. The number of allylic oxidation sites excluding steroid dienone is 4. The van der Waals surface area contributed by atoms with Gasteiger partial charge in [0, 0.05) is 21.4 Å². The van der Waals surface area contributed by atoms with E-state index in [1.165, 1.54) is 38.5 Å². The van der Waals surface area contributed by atoms with Gasteiger partial charge in [0.05, 0.1) is 20.8 Å². The third-order valence-corrected chi connectivity index (χ3v) is 7.50. The van der Waals surface area contributed by atoms with Crippen molar-refractivity contribution in [2.75, 3.05) is 20.8 Å². The molecular weight excluding hydrogens is 585 g/mol. The van der Waals surface area contributed by atoms with Gasteiger partial charge in [0.25, 0.3) is 0 Å². The summed E-state index contributed by atoms with van der Waals surface area (Å²) in [6.45, 7) is 2.78. The van der Waals surface area contributed by atoms with E-state index in [0.29, 0.717) is 45.1 Å². The predicted octanol–water partition coefficient (Wildman–Crippen LogP) is 9.28. The predicted molar refractivity (Wildman–Crippen MR) is 153 cm³/mol. The van der Waals surface area contributed by atoms with Crippen molar-refractivity contribution >= 4 is 40.3 Å². The van der Waals surface area contributed by atoms with Gasteiger partial charge in [0.1, 0.15) is 6.10 Å². The van der Waals surface area contributed by atoms with E-state index < -0.39 is 18.0 Å². The molecule has 0 aromatic heterocycles. The average Bonchev–Trinajstić information content (AvgIpc) is 3.78. The Labute approximate surface area is 246 Å². The Morgan fingerprint density at radius 2 is 1.77 bits per heavy atom. The molecule has 40 heavy (non-hydrogen) atoms. The molecule has 0 N–H and O–H groups in total. The highest BCUT2D eigenvalue weighted by molar-refractivity contribution is 8.13. The minimum atomic E-state index is -3.03. The highest BCUT2D eigenvalue weighted by Crippen LogP contribution is 2.40. The summed E-state index contributed by atoms with van der Waals surface area (Å²) in [4.78, 5) is 13.7. The van der Waals surface area contributed by atoms with E-state index in [-0.39, 0.29) is 23.0 Å². The topological polar surface area (TPSA) is 63.2 Å². The zero-order valence-electron chi connectivity index (χ0n) is 22.3. The molecule has 0 bridgehead atoms. The van der Waals surface area contributed by atoms with Crippen molar-refractivity contribution in [3.8, 4) is 23.0 Å². The zero-order chi connectivity index (χ0) is 29.2. The molecule has 1 aliphatic carbocycles. The second-order valence-electron chi connectivity index (χ2n) is 8.69. The summed E-state index contributed by atoms with van der Waals surface area (Å²) in [6.07, 6.45) is 4.26. The summed E-state index contributed by atoms with van der Waals surface area (Å²) in [5, 5.41) is -0.00263. The van der Waals surface area contributed by atoms with Crippen LogP contribution in [0.15, 0.2) is 75.7 Å². The van der Waals surface area contributed by atoms with Gasteiger partial charge in [-0.15, -0.1) is 0 Å². The Morgan fingerprint density at radius 3 is 2.38 bits per heavy atom.